The molecule has 2 aliphatic rings. The number of hydrogen-bond donors (Lipinski definition) is 2. The number of hydrogen-bond acceptors (Lipinski definition) is 5. The highest BCUT2D eigenvalue weighted by Crippen LogP contribution is 2.38. The van der Waals surface area contributed by atoms with Crippen molar-refractivity contribution in [3.63, 3.8) is 0 Å². The molecule has 6 nitrogen and oxygen atoms in total. The summed E-state index contributed by atoms with van der Waals surface area (Å²) in [5.74, 6) is 0. The van der Waals surface area contributed by atoms with Gasteiger partial charge in [0.2, 0.25) is 0 Å². The van der Waals surface area contributed by atoms with Gasteiger partial charge in [-0.3, -0.25) is 9.78 Å². The van der Waals surface area contributed by atoms with Crippen LogP contribution in [0.5, 0.6) is 0 Å². The third-order valence-corrected chi connectivity index (χ3v) is 5.04. The zero-order valence-electron chi connectivity index (χ0n) is 12.2. The summed E-state index contributed by atoms with van der Waals surface area (Å²) in [5.41, 5.74) is 1.77. The third kappa shape index (κ3) is 1.90. The zero-order chi connectivity index (χ0) is 15.2. The topological polar surface area (TPSA) is 84.8 Å². The van der Waals surface area contributed by atoms with Crippen molar-refractivity contribution in [1.82, 2.24) is 15.3 Å². The lowest BCUT2D eigenvalue weighted by Gasteiger charge is -2.49. The van der Waals surface area contributed by atoms with E-state index in [1.54, 1.807) is 12.4 Å². The predicted octanol–water partition coefficient (Wildman–Crippen LogP) is 0.985. The highest BCUT2D eigenvalue weighted by atomic mass is 16.1. The molecule has 6 heteroatoms. The number of rotatable bonds is 1. The van der Waals surface area contributed by atoms with Gasteiger partial charge in [-0.2, -0.15) is 5.26 Å². The van der Waals surface area contributed by atoms with Crippen LogP contribution in [0.1, 0.15) is 18.4 Å². The van der Waals surface area contributed by atoms with Crippen LogP contribution in [0.3, 0.4) is 0 Å². The Morgan fingerprint density at radius 2 is 2.09 bits per heavy atom. The molecule has 112 valence electrons. The molecule has 2 aromatic heterocycles. The Hall–Kier alpha value is -2.39. The summed E-state index contributed by atoms with van der Waals surface area (Å²) in [6.07, 6.45) is 5.55. The number of aromatic amines is 1. The van der Waals surface area contributed by atoms with Crippen molar-refractivity contribution in [1.29, 1.82) is 5.26 Å². The second kappa shape index (κ2) is 4.82. The highest BCUT2D eigenvalue weighted by molar-refractivity contribution is 5.93. The molecule has 0 saturated carbocycles. The van der Waals surface area contributed by atoms with Crippen molar-refractivity contribution in [2.45, 2.75) is 12.8 Å². The van der Waals surface area contributed by atoms with Crippen LogP contribution in [-0.2, 0) is 0 Å². The number of aromatic nitrogens is 2. The van der Waals surface area contributed by atoms with Crippen LogP contribution in [0.25, 0.3) is 10.9 Å². The Balaban J connectivity index is 1.80. The van der Waals surface area contributed by atoms with Crippen LogP contribution in [0, 0.1) is 16.7 Å². The van der Waals surface area contributed by atoms with Gasteiger partial charge >= 0.3 is 0 Å². The molecular formula is C16H17N5O. The van der Waals surface area contributed by atoms with Crippen molar-refractivity contribution in [2.24, 2.45) is 5.41 Å². The maximum Gasteiger partial charge on any atom is 0.268 e. The average molecular weight is 295 g/mol. The fourth-order valence-electron chi connectivity index (χ4n) is 3.60. The Kier molecular flexibility index (Phi) is 2.91. The molecule has 0 aromatic carbocycles. The van der Waals surface area contributed by atoms with E-state index in [1.165, 1.54) is 0 Å². The summed E-state index contributed by atoms with van der Waals surface area (Å²) in [4.78, 5) is 21.2. The largest absolute Gasteiger partial charge is 0.370 e. The first-order valence-electron chi connectivity index (χ1n) is 7.58. The van der Waals surface area contributed by atoms with E-state index >= 15 is 0 Å². The molecular weight excluding hydrogens is 278 g/mol. The Morgan fingerprint density at radius 1 is 1.32 bits per heavy atom. The van der Waals surface area contributed by atoms with Crippen LogP contribution in [0.4, 0.5) is 5.69 Å². The van der Waals surface area contributed by atoms with E-state index in [0.717, 1.165) is 50.1 Å². The number of piperidine rings is 1. The standard InChI is InChI=1S/C16H17N5O/c17-7-12-14(11-1-4-18-8-13(11)20-15(12)22)21-5-2-16(3-6-21)9-19-10-16/h1,4,8,19H,2-3,5-6,9-10H2,(H,20,22). The lowest BCUT2D eigenvalue weighted by Crippen LogP contribution is -2.58. The minimum atomic E-state index is -0.330. The van der Waals surface area contributed by atoms with Crippen molar-refractivity contribution in [3.8, 4) is 6.07 Å². The fourth-order valence-corrected chi connectivity index (χ4v) is 3.60. The van der Waals surface area contributed by atoms with E-state index in [1.807, 2.05) is 6.07 Å². The third-order valence-electron chi connectivity index (χ3n) is 5.04. The summed E-state index contributed by atoms with van der Waals surface area (Å²) in [6, 6.07) is 3.96. The number of nitriles is 1. The number of nitrogens with one attached hydrogen (secondary N) is 2. The Bertz CT molecular complexity index is 821. The number of H-pyrrole nitrogens is 1. The quantitative estimate of drug-likeness (QED) is 0.819. The van der Waals surface area contributed by atoms with E-state index in [9.17, 15) is 10.1 Å². The van der Waals surface area contributed by atoms with Crippen LogP contribution in [-0.4, -0.2) is 36.1 Å². The van der Waals surface area contributed by atoms with E-state index in [-0.39, 0.29) is 11.1 Å². The van der Waals surface area contributed by atoms with Gasteiger partial charge < -0.3 is 15.2 Å². The lowest BCUT2D eigenvalue weighted by molar-refractivity contribution is 0.126. The van der Waals surface area contributed by atoms with Gasteiger partial charge in [-0.05, 0) is 24.3 Å². The smallest absolute Gasteiger partial charge is 0.268 e. The minimum absolute atomic E-state index is 0.210. The van der Waals surface area contributed by atoms with Crippen LogP contribution in [0.2, 0.25) is 0 Å². The van der Waals surface area contributed by atoms with Crippen LogP contribution < -0.4 is 15.8 Å². The lowest BCUT2D eigenvalue weighted by atomic mass is 9.73. The molecule has 2 saturated heterocycles. The fraction of sp³-hybridized carbons (Fsp3) is 0.438. The highest BCUT2D eigenvalue weighted by Gasteiger charge is 2.40. The van der Waals surface area contributed by atoms with Gasteiger partial charge in [0.1, 0.15) is 11.6 Å². The van der Waals surface area contributed by atoms with Crippen LogP contribution in [0.15, 0.2) is 23.3 Å². The monoisotopic (exact) mass is 295 g/mol. The van der Waals surface area contributed by atoms with Gasteiger partial charge in [0.15, 0.2) is 0 Å². The first-order valence-corrected chi connectivity index (χ1v) is 7.58. The number of fused-ring (bicyclic) bond motifs is 1. The van der Waals surface area contributed by atoms with Crippen molar-refractivity contribution < 1.29 is 0 Å². The minimum Gasteiger partial charge on any atom is -0.370 e. The van der Waals surface area contributed by atoms with Crippen molar-refractivity contribution >= 4 is 16.6 Å². The normalized spacial score (nSPS) is 19.9. The van der Waals surface area contributed by atoms with Gasteiger partial charge in [-0.15, -0.1) is 0 Å². The zero-order valence-corrected chi connectivity index (χ0v) is 12.2. The van der Waals surface area contributed by atoms with Crippen molar-refractivity contribution in [3.05, 3.63) is 34.4 Å². The summed E-state index contributed by atoms with van der Waals surface area (Å²) in [7, 11) is 0. The number of anilines is 1. The Labute approximate surface area is 127 Å². The molecule has 1 spiro atoms. The summed E-state index contributed by atoms with van der Waals surface area (Å²) < 4.78 is 0. The van der Waals surface area contributed by atoms with E-state index in [4.69, 9.17) is 0 Å². The second-order valence-electron chi connectivity index (χ2n) is 6.30. The molecule has 4 rings (SSSR count). The Morgan fingerprint density at radius 3 is 2.73 bits per heavy atom. The second-order valence-corrected chi connectivity index (χ2v) is 6.30. The molecule has 2 aliphatic heterocycles. The van der Waals surface area contributed by atoms with Gasteiger partial charge in [0.25, 0.3) is 5.56 Å². The van der Waals surface area contributed by atoms with Gasteiger partial charge in [0, 0.05) is 37.8 Å². The first kappa shape index (κ1) is 13.3. The van der Waals surface area contributed by atoms with E-state index < -0.39 is 0 Å². The molecule has 0 amide bonds. The first-order chi connectivity index (χ1) is 10.7. The number of pyridine rings is 2. The molecule has 2 aromatic rings. The van der Waals surface area contributed by atoms with E-state index in [2.05, 4.69) is 26.3 Å². The molecule has 2 fully saturated rings. The molecule has 0 radical (unpaired) electrons. The number of nitrogens with zero attached hydrogens (tertiary/aromatic N) is 3. The predicted molar refractivity (Wildman–Crippen MR) is 83.8 cm³/mol. The summed E-state index contributed by atoms with van der Waals surface area (Å²) in [5, 5.41) is 13.7. The SMILES string of the molecule is N#Cc1c(N2CCC3(CC2)CNC3)c2ccncc2[nH]c1=O. The summed E-state index contributed by atoms with van der Waals surface area (Å²) in [6.45, 7) is 3.95. The van der Waals surface area contributed by atoms with Crippen LogP contribution >= 0.6 is 0 Å². The van der Waals surface area contributed by atoms with E-state index in [0.29, 0.717) is 10.9 Å². The average Bonchev–Trinajstić information content (AvgIpc) is 2.52. The molecule has 0 bridgehead atoms. The molecule has 4 heterocycles. The van der Waals surface area contributed by atoms with Gasteiger partial charge in [0.05, 0.1) is 17.4 Å². The molecule has 0 unspecified atom stereocenters. The molecule has 0 aliphatic carbocycles. The summed E-state index contributed by atoms with van der Waals surface area (Å²) >= 11 is 0. The van der Waals surface area contributed by atoms with Gasteiger partial charge in [-0.1, -0.05) is 0 Å². The molecule has 2 N–H and O–H groups in total. The van der Waals surface area contributed by atoms with Crippen molar-refractivity contribution in [2.75, 3.05) is 31.1 Å². The van der Waals surface area contributed by atoms with Gasteiger partial charge in [-0.25, -0.2) is 0 Å². The maximum absolute atomic E-state index is 12.2. The maximum atomic E-state index is 12.2. The molecule has 22 heavy (non-hydrogen) atoms. The molecule has 0 atom stereocenters.